The van der Waals surface area contributed by atoms with Crippen molar-refractivity contribution in [3.05, 3.63) is 60.2 Å². The molecule has 1 aliphatic heterocycles. The number of aliphatic hydroxyl groups is 1. The third-order valence-electron chi connectivity index (χ3n) is 4.76. The van der Waals surface area contributed by atoms with E-state index in [1.165, 1.54) is 5.56 Å². The van der Waals surface area contributed by atoms with Crippen molar-refractivity contribution in [1.82, 2.24) is 5.32 Å². The van der Waals surface area contributed by atoms with Crippen LogP contribution in [0.5, 0.6) is 0 Å². The monoisotopic (exact) mass is 341 g/mol. The van der Waals surface area contributed by atoms with Gasteiger partial charge in [0.25, 0.3) is 0 Å². The van der Waals surface area contributed by atoms with E-state index < -0.39 is 6.10 Å². The fourth-order valence-electron chi connectivity index (χ4n) is 3.23. The van der Waals surface area contributed by atoms with Gasteiger partial charge in [-0.15, -0.1) is 0 Å². The summed E-state index contributed by atoms with van der Waals surface area (Å²) in [5.41, 5.74) is 3.26. The molecule has 1 fully saturated rings. The molecule has 1 saturated heterocycles. The Bertz CT molecular complexity index is 629. The zero-order chi connectivity index (χ0) is 17.5. The molecule has 3 rings (SSSR count). The lowest BCUT2D eigenvalue weighted by atomic mass is 10.0. The molecule has 1 aliphatic rings. The molecule has 4 nitrogen and oxygen atoms in total. The maximum absolute atomic E-state index is 10.4. The summed E-state index contributed by atoms with van der Waals surface area (Å²) in [6, 6.07) is 18.3. The van der Waals surface area contributed by atoms with Gasteiger partial charge in [0.15, 0.2) is 0 Å². The molecule has 1 unspecified atom stereocenters. The van der Waals surface area contributed by atoms with Gasteiger partial charge in [-0.25, -0.2) is 0 Å². The van der Waals surface area contributed by atoms with Gasteiger partial charge in [-0.1, -0.05) is 54.6 Å². The van der Waals surface area contributed by atoms with Gasteiger partial charge < -0.3 is 19.9 Å². The summed E-state index contributed by atoms with van der Waals surface area (Å²) in [7, 11) is 1.75. The quantitative estimate of drug-likeness (QED) is 0.812. The van der Waals surface area contributed by atoms with Crippen molar-refractivity contribution in [1.29, 1.82) is 0 Å². The van der Waals surface area contributed by atoms with Crippen LogP contribution in [0.3, 0.4) is 0 Å². The Morgan fingerprint density at radius 2 is 1.84 bits per heavy atom. The number of rotatable bonds is 7. The number of hydrogen-bond acceptors (Lipinski definition) is 4. The van der Waals surface area contributed by atoms with E-state index in [0.29, 0.717) is 6.54 Å². The number of methoxy groups -OCH3 is 1. The number of ether oxygens (including phenoxy) is 2. The summed E-state index contributed by atoms with van der Waals surface area (Å²) < 4.78 is 11.1. The summed E-state index contributed by atoms with van der Waals surface area (Å²) in [5, 5.41) is 13.7. The minimum atomic E-state index is -0.522. The van der Waals surface area contributed by atoms with Crippen molar-refractivity contribution in [2.45, 2.75) is 31.2 Å². The molecular weight excluding hydrogens is 314 g/mol. The first kappa shape index (κ1) is 18.1. The van der Waals surface area contributed by atoms with Gasteiger partial charge in [0.05, 0.1) is 18.3 Å². The molecule has 2 aromatic carbocycles. The van der Waals surface area contributed by atoms with E-state index in [1.807, 2.05) is 30.3 Å². The van der Waals surface area contributed by atoms with Gasteiger partial charge in [0.2, 0.25) is 0 Å². The molecule has 0 aliphatic carbocycles. The third kappa shape index (κ3) is 5.13. The van der Waals surface area contributed by atoms with Gasteiger partial charge in [-0.05, 0) is 23.1 Å². The number of benzene rings is 2. The fourth-order valence-corrected chi connectivity index (χ4v) is 3.23. The van der Waals surface area contributed by atoms with Crippen molar-refractivity contribution in [2.75, 3.05) is 26.8 Å². The van der Waals surface area contributed by atoms with Crippen LogP contribution >= 0.6 is 0 Å². The minimum absolute atomic E-state index is 0.159. The lowest BCUT2D eigenvalue weighted by Crippen LogP contribution is -2.38. The molecule has 25 heavy (non-hydrogen) atoms. The van der Waals surface area contributed by atoms with Gasteiger partial charge >= 0.3 is 0 Å². The summed E-state index contributed by atoms with van der Waals surface area (Å²) in [4.78, 5) is 0. The first-order valence-electron chi connectivity index (χ1n) is 8.95. The Morgan fingerprint density at radius 1 is 1.12 bits per heavy atom. The molecule has 3 atom stereocenters. The predicted octanol–water partition coefficient (Wildman–Crippen LogP) is 3.17. The third-order valence-corrected chi connectivity index (χ3v) is 4.76. The van der Waals surface area contributed by atoms with E-state index in [-0.39, 0.29) is 12.2 Å². The maximum atomic E-state index is 10.4. The highest BCUT2D eigenvalue weighted by atomic mass is 16.5. The van der Waals surface area contributed by atoms with Crippen LogP contribution in [0.15, 0.2) is 54.6 Å². The van der Waals surface area contributed by atoms with Crippen LogP contribution in [0, 0.1) is 0 Å². The van der Waals surface area contributed by atoms with Crippen molar-refractivity contribution in [3.8, 4) is 11.1 Å². The Morgan fingerprint density at radius 3 is 2.56 bits per heavy atom. The van der Waals surface area contributed by atoms with Crippen LogP contribution in [-0.2, 0) is 9.47 Å². The Hall–Kier alpha value is -1.72. The van der Waals surface area contributed by atoms with Crippen molar-refractivity contribution in [2.24, 2.45) is 0 Å². The highest BCUT2D eigenvalue weighted by Crippen LogP contribution is 2.22. The molecule has 4 heteroatoms. The summed E-state index contributed by atoms with van der Waals surface area (Å²) in [5.74, 6) is 0. The molecule has 134 valence electrons. The topological polar surface area (TPSA) is 50.7 Å². The second kappa shape index (κ2) is 9.11. The number of hydrogen-bond donors (Lipinski definition) is 2. The Balaban J connectivity index is 1.47. The summed E-state index contributed by atoms with van der Waals surface area (Å²) in [6.07, 6.45) is 1.79. The van der Waals surface area contributed by atoms with E-state index in [4.69, 9.17) is 9.47 Å². The molecule has 0 spiro atoms. The van der Waals surface area contributed by atoms with Gasteiger partial charge in [0, 0.05) is 33.2 Å². The highest BCUT2D eigenvalue weighted by Gasteiger charge is 2.22. The second-order valence-corrected chi connectivity index (χ2v) is 6.54. The van der Waals surface area contributed by atoms with E-state index in [9.17, 15) is 5.11 Å². The fraction of sp³-hybridized carbons (Fsp3) is 0.429. The minimum Gasteiger partial charge on any atom is -0.387 e. The smallest absolute Gasteiger partial charge is 0.0914 e. The van der Waals surface area contributed by atoms with E-state index >= 15 is 0 Å². The SMILES string of the molecule is CO[C@@H]1CCO[C@H](CNCC(O)c2ccc(-c3ccccc3)cc2)C1. The molecule has 0 saturated carbocycles. The van der Waals surface area contributed by atoms with Crippen molar-refractivity contribution < 1.29 is 14.6 Å². The molecule has 2 N–H and O–H groups in total. The Kier molecular flexibility index (Phi) is 6.59. The number of aliphatic hydroxyl groups excluding tert-OH is 1. The van der Waals surface area contributed by atoms with Gasteiger partial charge in [-0.2, -0.15) is 0 Å². The average molecular weight is 341 g/mol. The van der Waals surface area contributed by atoms with Gasteiger partial charge in [0.1, 0.15) is 0 Å². The standard InChI is InChI=1S/C21H27NO3/c1-24-19-11-12-25-20(13-19)14-22-15-21(23)18-9-7-17(8-10-18)16-5-3-2-4-6-16/h2-10,19-23H,11-15H2,1H3/t19-,20+,21?/m1/s1. The zero-order valence-electron chi connectivity index (χ0n) is 14.7. The van der Waals surface area contributed by atoms with Crippen LogP contribution in [0.2, 0.25) is 0 Å². The normalized spacial score (nSPS) is 21.8. The van der Waals surface area contributed by atoms with Crippen molar-refractivity contribution in [3.63, 3.8) is 0 Å². The molecule has 0 amide bonds. The van der Waals surface area contributed by atoms with E-state index in [2.05, 4.69) is 29.6 Å². The zero-order valence-corrected chi connectivity index (χ0v) is 14.7. The summed E-state index contributed by atoms with van der Waals surface area (Å²) in [6.45, 7) is 2.00. The first-order chi connectivity index (χ1) is 12.3. The van der Waals surface area contributed by atoms with Crippen LogP contribution in [0.25, 0.3) is 11.1 Å². The molecule has 0 aromatic heterocycles. The number of nitrogens with one attached hydrogen (secondary N) is 1. The lowest BCUT2D eigenvalue weighted by Gasteiger charge is -2.29. The molecule has 0 radical (unpaired) electrons. The van der Waals surface area contributed by atoms with Crippen LogP contribution in [-0.4, -0.2) is 44.1 Å². The molecular formula is C21H27NO3. The predicted molar refractivity (Wildman–Crippen MR) is 99.5 cm³/mol. The molecule has 1 heterocycles. The highest BCUT2D eigenvalue weighted by molar-refractivity contribution is 5.63. The largest absolute Gasteiger partial charge is 0.387 e. The van der Waals surface area contributed by atoms with Crippen molar-refractivity contribution >= 4 is 0 Å². The van der Waals surface area contributed by atoms with Gasteiger partial charge in [-0.3, -0.25) is 0 Å². The Labute approximate surface area is 149 Å². The van der Waals surface area contributed by atoms with Crippen LogP contribution in [0.1, 0.15) is 24.5 Å². The second-order valence-electron chi connectivity index (χ2n) is 6.54. The lowest BCUT2D eigenvalue weighted by molar-refractivity contribution is -0.0574. The average Bonchev–Trinajstić information content (AvgIpc) is 2.69. The summed E-state index contributed by atoms with van der Waals surface area (Å²) >= 11 is 0. The molecule has 0 bridgehead atoms. The van der Waals surface area contributed by atoms with E-state index in [1.54, 1.807) is 7.11 Å². The van der Waals surface area contributed by atoms with E-state index in [0.717, 1.165) is 37.1 Å². The molecule has 2 aromatic rings. The maximum Gasteiger partial charge on any atom is 0.0914 e. The van der Waals surface area contributed by atoms with Crippen LogP contribution in [0.4, 0.5) is 0 Å². The first-order valence-corrected chi connectivity index (χ1v) is 8.95. The van der Waals surface area contributed by atoms with Crippen LogP contribution < -0.4 is 5.32 Å².